The largest absolute Gasteiger partial charge is 0.271 e. The van der Waals surface area contributed by atoms with Crippen LogP contribution in [0.3, 0.4) is 0 Å². The van der Waals surface area contributed by atoms with Crippen LogP contribution in [-0.4, -0.2) is 21.0 Å². The third kappa shape index (κ3) is 3.62. The Morgan fingerprint density at radius 3 is 2.79 bits per heavy atom. The first-order chi connectivity index (χ1) is 9.10. The summed E-state index contributed by atoms with van der Waals surface area (Å²) in [6.07, 6.45) is 1.58. The number of aryl methyl sites for hydroxylation is 1. The van der Waals surface area contributed by atoms with Gasteiger partial charge >= 0.3 is 0 Å². The maximum atomic E-state index is 10.8. The molecule has 0 atom stereocenters. The highest BCUT2D eigenvalue weighted by Crippen LogP contribution is 2.30. The molecule has 19 heavy (non-hydrogen) atoms. The SMILES string of the molecule is O=[N+]([O-])c1cc(Cl)cc(-c2nnc(CCCCl)s2)c1. The first-order valence-electron chi connectivity index (χ1n) is 5.44. The van der Waals surface area contributed by atoms with Gasteiger partial charge in [-0.3, -0.25) is 10.1 Å². The van der Waals surface area contributed by atoms with Gasteiger partial charge in [0.2, 0.25) is 0 Å². The van der Waals surface area contributed by atoms with E-state index < -0.39 is 4.92 Å². The second-order valence-electron chi connectivity index (χ2n) is 3.75. The summed E-state index contributed by atoms with van der Waals surface area (Å²) in [6.45, 7) is 0. The predicted molar refractivity (Wildman–Crippen MR) is 76.1 cm³/mol. The van der Waals surface area contributed by atoms with Crippen LogP contribution in [-0.2, 0) is 6.42 Å². The molecule has 1 heterocycles. The van der Waals surface area contributed by atoms with E-state index >= 15 is 0 Å². The average Bonchev–Trinajstić information content (AvgIpc) is 2.84. The van der Waals surface area contributed by atoms with Crippen molar-refractivity contribution in [3.05, 3.63) is 38.3 Å². The molecule has 0 aliphatic carbocycles. The minimum absolute atomic E-state index is 0.0555. The van der Waals surface area contributed by atoms with E-state index in [4.69, 9.17) is 23.2 Å². The highest BCUT2D eigenvalue weighted by molar-refractivity contribution is 7.14. The number of rotatable bonds is 5. The number of nitro groups is 1. The van der Waals surface area contributed by atoms with Crippen molar-refractivity contribution in [2.45, 2.75) is 12.8 Å². The minimum atomic E-state index is -0.481. The van der Waals surface area contributed by atoms with Gasteiger partial charge < -0.3 is 0 Å². The van der Waals surface area contributed by atoms with Crippen molar-refractivity contribution in [3.63, 3.8) is 0 Å². The Morgan fingerprint density at radius 2 is 2.11 bits per heavy atom. The molecule has 1 aromatic heterocycles. The number of aromatic nitrogens is 2. The van der Waals surface area contributed by atoms with Crippen molar-refractivity contribution < 1.29 is 4.92 Å². The predicted octanol–water partition coefficient (Wildman–Crippen LogP) is 3.94. The first kappa shape index (κ1) is 14.2. The molecule has 0 aliphatic heterocycles. The van der Waals surface area contributed by atoms with Gasteiger partial charge in [0.1, 0.15) is 10.0 Å². The van der Waals surface area contributed by atoms with Gasteiger partial charge in [0.05, 0.1) is 4.92 Å². The van der Waals surface area contributed by atoms with Crippen LogP contribution in [0.25, 0.3) is 10.6 Å². The Balaban J connectivity index is 2.30. The number of hydrogen-bond donors (Lipinski definition) is 0. The van der Waals surface area contributed by atoms with Crippen LogP contribution in [0.2, 0.25) is 5.02 Å². The Kier molecular flexibility index (Phi) is 4.68. The summed E-state index contributed by atoms with van der Waals surface area (Å²) in [6, 6.07) is 4.39. The Hall–Kier alpha value is -1.24. The second kappa shape index (κ2) is 6.27. The molecule has 0 spiro atoms. The van der Waals surface area contributed by atoms with Crippen molar-refractivity contribution in [2.75, 3.05) is 5.88 Å². The lowest BCUT2D eigenvalue weighted by Gasteiger charge is -1.97. The van der Waals surface area contributed by atoms with Crippen LogP contribution in [0, 0.1) is 10.1 Å². The topological polar surface area (TPSA) is 68.9 Å². The van der Waals surface area contributed by atoms with Gasteiger partial charge in [-0.15, -0.1) is 21.8 Å². The third-order valence-electron chi connectivity index (χ3n) is 2.33. The summed E-state index contributed by atoms with van der Waals surface area (Å²) in [5.41, 5.74) is 0.550. The van der Waals surface area contributed by atoms with Crippen LogP contribution in [0.15, 0.2) is 18.2 Å². The number of hydrogen-bond acceptors (Lipinski definition) is 5. The van der Waals surface area contributed by atoms with Crippen molar-refractivity contribution in [1.82, 2.24) is 10.2 Å². The van der Waals surface area contributed by atoms with E-state index in [1.165, 1.54) is 23.5 Å². The Morgan fingerprint density at radius 1 is 1.32 bits per heavy atom. The summed E-state index contributed by atoms with van der Waals surface area (Å²) in [5, 5.41) is 20.6. The summed E-state index contributed by atoms with van der Waals surface area (Å²) in [5.74, 6) is 0.567. The summed E-state index contributed by atoms with van der Waals surface area (Å²) < 4.78 is 0. The fourth-order valence-electron chi connectivity index (χ4n) is 1.49. The van der Waals surface area contributed by atoms with E-state index in [0.717, 1.165) is 17.8 Å². The number of nitro benzene ring substituents is 1. The van der Waals surface area contributed by atoms with Crippen molar-refractivity contribution in [2.24, 2.45) is 0 Å². The lowest BCUT2D eigenvalue weighted by molar-refractivity contribution is -0.384. The third-order valence-corrected chi connectivity index (χ3v) is 3.85. The molecule has 0 unspecified atom stereocenters. The van der Waals surface area contributed by atoms with Crippen LogP contribution in [0.4, 0.5) is 5.69 Å². The zero-order chi connectivity index (χ0) is 13.8. The minimum Gasteiger partial charge on any atom is -0.258 e. The van der Waals surface area contributed by atoms with E-state index in [2.05, 4.69) is 10.2 Å². The molecule has 5 nitrogen and oxygen atoms in total. The molecule has 0 radical (unpaired) electrons. The quantitative estimate of drug-likeness (QED) is 0.476. The number of alkyl halides is 1. The summed E-state index contributed by atoms with van der Waals surface area (Å²) in [4.78, 5) is 10.3. The van der Waals surface area contributed by atoms with E-state index in [-0.39, 0.29) is 5.69 Å². The van der Waals surface area contributed by atoms with Gasteiger partial charge in [-0.1, -0.05) is 22.9 Å². The van der Waals surface area contributed by atoms with Gasteiger partial charge in [0, 0.05) is 35.0 Å². The number of nitrogens with zero attached hydrogens (tertiary/aromatic N) is 3. The smallest absolute Gasteiger partial charge is 0.258 e. The zero-order valence-corrected chi connectivity index (χ0v) is 12.0. The van der Waals surface area contributed by atoms with Gasteiger partial charge in [-0.25, -0.2) is 0 Å². The number of non-ortho nitro benzene ring substituents is 1. The maximum absolute atomic E-state index is 10.8. The van der Waals surface area contributed by atoms with Crippen LogP contribution < -0.4 is 0 Å². The fraction of sp³-hybridized carbons (Fsp3) is 0.273. The molecule has 0 bridgehead atoms. The fourth-order valence-corrected chi connectivity index (χ4v) is 2.72. The summed E-state index contributed by atoms with van der Waals surface area (Å²) >= 11 is 12.9. The van der Waals surface area contributed by atoms with E-state index in [1.54, 1.807) is 6.07 Å². The lowest BCUT2D eigenvalue weighted by Crippen LogP contribution is -1.88. The van der Waals surface area contributed by atoms with E-state index in [1.807, 2.05) is 0 Å². The van der Waals surface area contributed by atoms with Gasteiger partial charge in [-0.05, 0) is 12.5 Å². The summed E-state index contributed by atoms with van der Waals surface area (Å²) in [7, 11) is 0. The Bertz CT molecular complexity index is 603. The molecule has 0 amide bonds. The van der Waals surface area contributed by atoms with Crippen molar-refractivity contribution in [3.8, 4) is 10.6 Å². The highest BCUT2D eigenvalue weighted by atomic mass is 35.5. The standard InChI is InChI=1S/C11H9Cl2N3O2S/c12-3-1-2-10-14-15-11(19-10)7-4-8(13)6-9(5-7)16(17)18/h4-6H,1-3H2. The monoisotopic (exact) mass is 317 g/mol. The first-order valence-corrected chi connectivity index (χ1v) is 7.17. The molecule has 0 saturated carbocycles. The molecular weight excluding hydrogens is 309 g/mol. The van der Waals surface area contributed by atoms with Crippen molar-refractivity contribution >= 4 is 40.2 Å². The molecule has 0 saturated heterocycles. The van der Waals surface area contributed by atoms with E-state index in [9.17, 15) is 10.1 Å². The lowest BCUT2D eigenvalue weighted by atomic mass is 10.2. The second-order valence-corrected chi connectivity index (χ2v) is 5.63. The average molecular weight is 318 g/mol. The maximum Gasteiger partial charge on any atom is 0.271 e. The number of halogens is 2. The van der Waals surface area contributed by atoms with Gasteiger partial charge in [-0.2, -0.15) is 0 Å². The van der Waals surface area contributed by atoms with Gasteiger partial charge in [0.25, 0.3) is 5.69 Å². The molecule has 0 fully saturated rings. The molecular formula is C11H9Cl2N3O2S. The molecule has 0 N–H and O–H groups in total. The van der Waals surface area contributed by atoms with Gasteiger partial charge in [0.15, 0.2) is 0 Å². The zero-order valence-electron chi connectivity index (χ0n) is 9.68. The van der Waals surface area contributed by atoms with Crippen LogP contribution in [0.1, 0.15) is 11.4 Å². The Labute approximate surface area is 123 Å². The molecule has 2 rings (SSSR count). The normalized spacial score (nSPS) is 10.6. The van der Waals surface area contributed by atoms with Crippen LogP contribution >= 0.6 is 34.5 Å². The highest BCUT2D eigenvalue weighted by Gasteiger charge is 2.13. The number of benzene rings is 1. The van der Waals surface area contributed by atoms with E-state index in [0.29, 0.717) is 21.5 Å². The molecule has 1 aromatic carbocycles. The molecule has 0 aliphatic rings. The molecule has 8 heteroatoms. The molecule has 2 aromatic rings. The van der Waals surface area contributed by atoms with Crippen LogP contribution in [0.5, 0.6) is 0 Å². The molecule has 100 valence electrons. The van der Waals surface area contributed by atoms with Crippen molar-refractivity contribution in [1.29, 1.82) is 0 Å².